The average molecular weight is 430 g/mol. The van der Waals surface area contributed by atoms with E-state index in [1.807, 2.05) is 36.1 Å². The van der Waals surface area contributed by atoms with Crippen LogP contribution in [0.5, 0.6) is 0 Å². The Morgan fingerprint density at radius 2 is 1.91 bits per heavy atom. The fourth-order valence-electron chi connectivity index (χ4n) is 3.68. The van der Waals surface area contributed by atoms with Gasteiger partial charge in [0.2, 0.25) is 0 Å². The highest BCUT2D eigenvalue weighted by atomic mass is 16.5. The Labute approximate surface area is 189 Å². The molecule has 1 heterocycles. The van der Waals surface area contributed by atoms with Gasteiger partial charge < -0.3 is 14.5 Å². The first kappa shape index (κ1) is 22.9. The maximum absolute atomic E-state index is 12.7. The molecule has 0 atom stereocenters. The minimum atomic E-state index is -0.350. The Balaban J connectivity index is 1.75. The zero-order valence-electron chi connectivity index (χ0n) is 18.6. The lowest BCUT2D eigenvalue weighted by atomic mass is 10.0. The molecule has 1 aliphatic rings. The van der Waals surface area contributed by atoms with Gasteiger partial charge in [0.05, 0.1) is 24.8 Å². The zero-order chi connectivity index (χ0) is 22.9. The number of hydrogen-bond donors (Lipinski definition) is 0. The summed E-state index contributed by atoms with van der Waals surface area (Å²) in [6.45, 7) is 5.97. The van der Waals surface area contributed by atoms with Gasteiger partial charge in [-0.05, 0) is 68.7 Å². The van der Waals surface area contributed by atoms with Crippen LogP contribution in [0.15, 0.2) is 42.5 Å². The van der Waals surface area contributed by atoms with Crippen molar-refractivity contribution in [3.05, 3.63) is 64.7 Å². The van der Waals surface area contributed by atoms with Gasteiger partial charge >= 0.3 is 5.97 Å². The fourth-order valence-corrected chi connectivity index (χ4v) is 3.68. The molecule has 32 heavy (non-hydrogen) atoms. The summed E-state index contributed by atoms with van der Waals surface area (Å²) >= 11 is 0. The van der Waals surface area contributed by atoms with Crippen LogP contribution < -0.4 is 4.90 Å². The Morgan fingerprint density at radius 1 is 1.12 bits per heavy atom. The number of rotatable bonds is 6. The van der Waals surface area contributed by atoms with Crippen LogP contribution in [-0.2, 0) is 9.53 Å². The summed E-state index contributed by atoms with van der Waals surface area (Å²) in [5, 5.41) is 9.18. The van der Waals surface area contributed by atoms with Crippen LogP contribution >= 0.6 is 0 Å². The van der Waals surface area contributed by atoms with E-state index in [-0.39, 0.29) is 18.4 Å². The van der Waals surface area contributed by atoms with E-state index in [9.17, 15) is 14.9 Å². The fraction of sp³-hybridized carbons (Fsp3) is 0.346. The van der Waals surface area contributed by atoms with Crippen LogP contribution in [0.1, 0.15) is 46.8 Å². The molecule has 1 amide bonds. The molecule has 0 N–H and O–H groups in total. The number of aryl methyl sites for hydroxylation is 1. The van der Waals surface area contributed by atoms with Gasteiger partial charge in [-0.15, -0.1) is 0 Å². The van der Waals surface area contributed by atoms with E-state index in [0.717, 1.165) is 48.3 Å². The summed E-state index contributed by atoms with van der Waals surface area (Å²) in [4.78, 5) is 28.4. The Kier molecular flexibility index (Phi) is 7.89. The van der Waals surface area contributed by atoms with Crippen LogP contribution in [0.25, 0.3) is 0 Å². The monoisotopic (exact) mass is 429 g/mol. The number of ether oxygens (including phenoxy) is 1. The first-order valence-electron chi connectivity index (χ1n) is 10.8. The number of nitriles is 1. The lowest BCUT2D eigenvalue weighted by Gasteiger charge is -2.21. The summed E-state index contributed by atoms with van der Waals surface area (Å²) < 4.78 is 5.08. The molecule has 0 aromatic heterocycles. The molecule has 0 spiro atoms. The van der Waals surface area contributed by atoms with E-state index in [0.29, 0.717) is 18.7 Å². The maximum atomic E-state index is 12.7. The Morgan fingerprint density at radius 3 is 2.59 bits per heavy atom. The lowest BCUT2D eigenvalue weighted by molar-refractivity contribution is -0.141. The summed E-state index contributed by atoms with van der Waals surface area (Å²) in [6, 6.07) is 14.8. The number of benzene rings is 2. The molecule has 1 fully saturated rings. The second-order valence-electron chi connectivity index (χ2n) is 7.65. The van der Waals surface area contributed by atoms with Gasteiger partial charge in [0.25, 0.3) is 5.91 Å². The van der Waals surface area contributed by atoms with Gasteiger partial charge in [-0.25, -0.2) is 0 Å². The first-order chi connectivity index (χ1) is 15.5. The molecule has 6 nitrogen and oxygen atoms in total. The Bertz CT molecular complexity index is 1090. The van der Waals surface area contributed by atoms with Gasteiger partial charge in [-0.2, -0.15) is 5.26 Å². The number of likely N-dealkylation sites (tertiary alicyclic amines) is 1. The highest BCUT2D eigenvalue weighted by Gasteiger charge is 2.20. The summed E-state index contributed by atoms with van der Waals surface area (Å²) in [6.07, 6.45) is 2.13. The van der Waals surface area contributed by atoms with Crippen molar-refractivity contribution in [2.24, 2.45) is 0 Å². The molecule has 0 aliphatic carbocycles. The van der Waals surface area contributed by atoms with E-state index in [4.69, 9.17) is 4.74 Å². The third-order valence-electron chi connectivity index (χ3n) is 5.32. The summed E-state index contributed by atoms with van der Waals surface area (Å²) in [5.41, 5.74) is 3.67. The van der Waals surface area contributed by atoms with Crippen LogP contribution in [-0.4, -0.2) is 49.6 Å². The molecule has 2 aromatic carbocycles. The smallest absolute Gasteiger partial charge is 0.325 e. The second kappa shape index (κ2) is 11.0. The number of hydrogen-bond acceptors (Lipinski definition) is 5. The molecular weight excluding hydrogens is 402 g/mol. The number of anilines is 1. The molecule has 2 aromatic rings. The predicted molar refractivity (Wildman–Crippen MR) is 123 cm³/mol. The lowest BCUT2D eigenvalue weighted by Crippen LogP contribution is -2.31. The quantitative estimate of drug-likeness (QED) is 0.519. The zero-order valence-corrected chi connectivity index (χ0v) is 18.6. The van der Waals surface area contributed by atoms with Crippen molar-refractivity contribution in [2.45, 2.75) is 26.7 Å². The number of carbonyl (C=O) groups excluding carboxylic acids is 2. The van der Waals surface area contributed by atoms with Gasteiger partial charge in [0.1, 0.15) is 6.54 Å². The molecule has 1 saturated heterocycles. The molecule has 1 aliphatic heterocycles. The number of nitrogens with zero attached hydrogens (tertiary/aromatic N) is 3. The second-order valence-corrected chi connectivity index (χ2v) is 7.65. The van der Waals surface area contributed by atoms with Crippen LogP contribution in [0.4, 0.5) is 5.69 Å². The highest BCUT2D eigenvalue weighted by molar-refractivity contribution is 5.96. The van der Waals surface area contributed by atoms with Crippen molar-refractivity contribution in [1.82, 2.24) is 4.90 Å². The number of amides is 1. The maximum Gasteiger partial charge on any atom is 0.325 e. The first-order valence-corrected chi connectivity index (χ1v) is 10.8. The van der Waals surface area contributed by atoms with E-state index in [1.54, 1.807) is 30.0 Å². The number of carbonyl (C=O) groups is 2. The molecule has 164 valence electrons. The molecule has 6 heteroatoms. The molecule has 0 radical (unpaired) electrons. The van der Waals surface area contributed by atoms with E-state index in [1.165, 1.54) is 0 Å². The minimum Gasteiger partial charge on any atom is -0.465 e. The van der Waals surface area contributed by atoms with Gasteiger partial charge in [0.15, 0.2) is 0 Å². The minimum absolute atomic E-state index is 0.0414. The van der Waals surface area contributed by atoms with Crippen molar-refractivity contribution < 1.29 is 14.3 Å². The third-order valence-corrected chi connectivity index (χ3v) is 5.32. The predicted octanol–water partition coefficient (Wildman–Crippen LogP) is 3.52. The summed E-state index contributed by atoms with van der Waals surface area (Å²) in [5.74, 6) is 5.96. The molecule has 3 rings (SSSR count). The van der Waals surface area contributed by atoms with Crippen LogP contribution in [0.3, 0.4) is 0 Å². The Hall–Kier alpha value is -3.77. The average Bonchev–Trinajstić information content (AvgIpc) is 3.33. The van der Waals surface area contributed by atoms with Crippen LogP contribution in [0, 0.1) is 30.1 Å². The highest BCUT2D eigenvalue weighted by Crippen LogP contribution is 2.18. The van der Waals surface area contributed by atoms with Crippen molar-refractivity contribution in [1.29, 1.82) is 5.26 Å². The van der Waals surface area contributed by atoms with Crippen molar-refractivity contribution in [3.63, 3.8) is 0 Å². The third kappa shape index (κ3) is 5.89. The topological polar surface area (TPSA) is 73.6 Å². The van der Waals surface area contributed by atoms with Crippen molar-refractivity contribution >= 4 is 17.6 Å². The largest absolute Gasteiger partial charge is 0.465 e. The normalized spacial score (nSPS) is 12.5. The molecule has 0 saturated carbocycles. The van der Waals surface area contributed by atoms with Crippen molar-refractivity contribution in [2.75, 3.05) is 37.7 Å². The van der Waals surface area contributed by atoms with E-state index >= 15 is 0 Å². The number of esters is 1. The molecular formula is C26H27N3O3. The van der Waals surface area contributed by atoms with Gasteiger partial charge in [-0.3, -0.25) is 9.59 Å². The summed E-state index contributed by atoms with van der Waals surface area (Å²) in [7, 11) is 0. The van der Waals surface area contributed by atoms with Gasteiger partial charge in [0, 0.05) is 29.9 Å². The molecule has 0 unspecified atom stereocenters. The van der Waals surface area contributed by atoms with E-state index < -0.39 is 0 Å². The van der Waals surface area contributed by atoms with Crippen LogP contribution in [0.2, 0.25) is 0 Å². The molecule has 0 bridgehead atoms. The SMILES string of the molecule is CCOC(=O)CN(CC#Cc1ccc(C(=O)N2CCCC2)c(C)c1)c1cccc(C#N)c1. The van der Waals surface area contributed by atoms with Gasteiger partial charge in [-0.1, -0.05) is 17.9 Å². The van der Waals surface area contributed by atoms with E-state index in [2.05, 4.69) is 17.9 Å². The van der Waals surface area contributed by atoms with Crippen molar-refractivity contribution in [3.8, 4) is 17.9 Å². The standard InChI is InChI=1S/C26H27N3O3/c1-3-32-25(30)19-29(23-10-6-8-22(17-23)18-27)15-7-9-21-11-12-24(20(2)16-21)26(31)28-13-4-5-14-28/h6,8,10-12,16-17H,3-5,13-15,19H2,1-2H3.